The number of nitrogens with zero attached hydrogens (tertiary/aromatic N) is 1. The number of hydrogen-bond donors (Lipinski definition) is 1. The summed E-state index contributed by atoms with van der Waals surface area (Å²) in [5.74, 6) is 1.21. The molecule has 0 aliphatic heterocycles. The molecule has 0 bridgehead atoms. The van der Waals surface area contributed by atoms with E-state index < -0.39 is 15.3 Å². The molecule has 92 valence electrons. The van der Waals surface area contributed by atoms with Gasteiger partial charge in [0.2, 0.25) is 10.0 Å². The number of nitriles is 1. The Balaban J connectivity index is 2.38. The van der Waals surface area contributed by atoms with Crippen molar-refractivity contribution in [3.8, 4) is 6.07 Å². The highest BCUT2D eigenvalue weighted by molar-refractivity contribution is 7.90. The van der Waals surface area contributed by atoms with Gasteiger partial charge in [-0.3, -0.25) is 0 Å². The summed E-state index contributed by atoms with van der Waals surface area (Å²) in [5.41, 5.74) is 0. The van der Waals surface area contributed by atoms with E-state index in [4.69, 9.17) is 5.26 Å². The quantitative estimate of drug-likeness (QED) is 0.817. The zero-order valence-electron chi connectivity index (χ0n) is 9.94. The minimum Gasteiger partial charge on any atom is -0.214 e. The van der Waals surface area contributed by atoms with Gasteiger partial charge in [0.05, 0.1) is 6.07 Å². The second-order valence-corrected chi connectivity index (χ2v) is 6.88. The molecule has 1 atom stereocenters. The van der Waals surface area contributed by atoms with Crippen LogP contribution in [0.5, 0.6) is 0 Å². The maximum Gasteiger partial charge on any atom is 0.227 e. The second-order valence-electron chi connectivity index (χ2n) is 4.79. The van der Waals surface area contributed by atoms with Gasteiger partial charge in [0, 0.05) is 6.54 Å². The molecule has 0 amide bonds. The Labute approximate surface area is 98.1 Å². The molecule has 1 aliphatic carbocycles. The van der Waals surface area contributed by atoms with Crippen LogP contribution in [0.4, 0.5) is 0 Å². The third-order valence-corrected chi connectivity index (χ3v) is 4.96. The van der Waals surface area contributed by atoms with Crippen LogP contribution in [0.25, 0.3) is 0 Å². The third kappa shape index (κ3) is 3.76. The van der Waals surface area contributed by atoms with Crippen LogP contribution in [0.1, 0.15) is 39.5 Å². The first-order chi connectivity index (χ1) is 7.45. The Morgan fingerprint density at radius 1 is 1.38 bits per heavy atom. The molecule has 0 heterocycles. The van der Waals surface area contributed by atoms with Crippen LogP contribution in [0.2, 0.25) is 0 Å². The number of nitrogens with one attached hydrogen (secondary N) is 1. The van der Waals surface area contributed by atoms with E-state index in [9.17, 15) is 8.42 Å². The standard InChI is InChI=1S/C11H20N2O2S/c1-9-3-5-11(6-4-9)8-13-16(14,15)10(2)7-12/h9-11,13H,3-6,8H2,1-2H3. The Bertz CT molecular complexity index is 351. The summed E-state index contributed by atoms with van der Waals surface area (Å²) >= 11 is 0. The summed E-state index contributed by atoms with van der Waals surface area (Å²) in [4.78, 5) is 0. The fourth-order valence-electron chi connectivity index (χ4n) is 1.96. The Morgan fingerprint density at radius 2 is 1.94 bits per heavy atom. The highest BCUT2D eigenvalue weighted by Gasteiger charge is 2.23. The maximum atomic E-state index is 11.5. The minimum absolute atomic E-state index is 0.442. The van der Waals surface area contributed by atoms with Crippen LogP contribution in [-0.4, -0.2) is 20.2 Å². The fourth-order valence-corrected chi connectivity index (χ4v) is 2.82. The van der Waals surface area contributed by atoms with E-state index in [0.717, 1.165) is 18.8 Å². The number of rotatable bonds is 4. The van der Waals surface area contributed by atoms with Crippen molar-refractivity contribution >= 4 is 10.0 Å². The van der Waals surface area contributed by atoms with Crippen molar-refractivity contribution in [2.75, 3.05) is 6.54 Å². The van der Waals surface area contributed by atoms with Gasteiger partial charge in [0.15, 0.2) is 5.25 Å². The van der Waals surface area contributed by atoms with Crippen LogP contribution in [0.15, 0.2) is 0 Å². The zero-order chi connectivity index (χ0) is 12.2. The molecule has 5 heteroatoms. The summed E-state index contributed by atoms with van der Waals surface area (Å²) in [6.45, 7) is 4.13. The Morgan fingerprint density at radius 3 is 2.44 bits per heavy atom. The van der Waals surface area contributed by atoms with Crippen molar-refractivity contribution in [3.05, 3.63) is 0 Å². The van der Waals surface area contributed by atoms with Crippen LogP contribution in [0, 0.1) is 23.2 Å². The topological polar surface area (TPSA) is 70.0 Å². The van der Waals surface area contributed by atoms with Crippen LogP contribution < -0.4 is 4.72 Å². The molecule has 1 N–H and O–H groups in total. The Hall–Kier alpha value is -0.600. The lowest BCUT2D eigenvalue weighted by atomic mass is 9.83. The van der Waals surface area contributed by atoms with E-state index in [1.807, 2.05) is 0 Å². The second kappa shape index (κ2) is 5.65. The molecule has 1 rings (SSSR count). The van der Waals surface area contributed by atoms with Crippen LogP contribution in [-0.2, 0) is 10.0 Å². The maximum absolute atomic E-state index is 11.5. The van der Waals surface area contributed by atoms with Crippen LogP contribution >= 0.6 is 0 Å². The van der Waals surface area contributed by atoms with E-state index in [1.54, 1.807) is 6.07 Å². The molecule has 0 saturated heterocycles. The first-order valence-electron chi connectivity index (χ1n) is 5.83. The van der Waals surface area contributed by atoms with E-state index in [0.29, 0.717) is 12.5 Å². The van der Waals surface area contributed by atoms with E-state index in [-0.39, 0.29) is 0 Å². The predicted molar refractivity (Wildman–Crippen MR) is 63.1 cm³/mol. The molecular weight excluding hydrogens is 224 g/mol. The lowest BCUT2D eigenvalue weighted by Crippen LogP contribution is -2.36. The highest BCUT2D eigenvalue weighted by atomic mass is 32.2. The lowest BCUT2D eigenvalue weighted by Gasteiger charge is -2.26. The average Bonchev–Trinajstić information content (AvgIpc) is 2.27. The molecule has 0 aromatic heterocycles. The van der Waals surface area contributed by atoms with E-state index in [1.165, 1.54) is 19.8 Å². The molecule has 0 spiro atoms. The van der Waals surface area contributed by atoms with Crippen LogP contribution in [0.3, 0.4) is 0 Å². The van der Waals surface area contributed by atoms with Gasteiger partial charge in [-0.05, 0) is 31.6 Å². The Kier molecular flexibility index (Phi) is 4.75. The molecule has 16 heavy (non-hydrogen) atoms. The molecule has 1 saturated carbocycles. The third-order valence-electron chi connectivity index (χ3n) is 3.36. The van der Waals surface area contributed by atoms with Crippen molar-refractivity contribution in [1.29, 1.82) is 5.26 Å². The summed E-state index contributed by atoms with van der Waals surface area (Å²) in [6, 6.07) is 1.75. The average molecular weight is 244 g/mol. The van der Waals surface area contributed by atoms with Gasteiger partial charge >= 0.3 is 0 Å². The first kappa shape index (κ1) is 13.5. The van der Waals surface area contributed by atoms with Crippen molar-refractivity contribution in [2.24, 2.45) is 11.8 Å². The lowest BCUT2D eigenvalue weighted by molar-refractivity contribution is 0.290. The molecule has 0 aromatic carbocycles. The molecule has 0 aromatic rings. The molecule has 0 radical (unpaired) electrons. The molecular formula is C11H20N2O2S. The number of hydrogen-bond acceptors (Lipinski definition) is 3. The fraction of sp³-hybridized carbons (Fsp3) is 0.909. The summed E-state index contributed by atoms with van der Waals surface area (Å²) < 4.78 is 25.6. The van der Waals surface area contributed by atoms with Gasteiger partial charge in [0.1, 0.15) is 0 Å². The van der Waals surface area contributed by atoms with E-state index >= 15 is 0 Å². The summed E-state index contributed by atoms with van der Waals surface area (Å²) in [7, 11) is -3.43. The zero-order valence-corrected chi connectivity index (χ0v) is 10.8. The normalized spacial score (nSPS) is 28.3. The molecule has 1 unspecified atom stereocenters. The van der Waals surface area contributed by atoms with E-state index in [2.05, 4.69) is 11.6 Å². The minimum atomic E-state index is -3.43. The summed E-state index contributed by atoms with van der Waals surface area (Å²) in [6.07, 6.45) is 4.54. The monoisotopic (exact) mass is 244 g/mol. The van der Waals surface area contributed by atoms with Gasteiger partial charge in [-0.2, -0.15) is 5.26 Å². The number of sulfonamides is 1. The van der Waals surface area contributed by atoms with Gasteiger partial charge in [-0.1, -0.05) is 19.8 Å². The van der Waals surface area contributed by atoms with Crippen molar-refractivity contribution in [3.63, 3.8) is 0 Å². The van der Waals surface area contributed by atoms with Crippen molar-refractivity contribution < 1.29 is 8.42 Å². The summed E-state index contributed by atoms with van der Waals surface area (Å²) in [5, 5.41) is 7.61. The van der Waals surface area contributed by atoms with Gasteiger partial charge in [0.25, 0.3) is 0 Å². The smallest absolute Gasteiger partial charge is 0.214 e. The SMILES string of the molecule is CC1CCC(CNS(=O)(=O)C(C)C#N)CC1. The molecule has 4 nitrogen and oxygen atoms in total. The van der Waals surface area contributed by atoms with Gasteiger partial charge in [-0.15, -0.1) is 0 Å². The predicted octanol–water partition coefficient (Wildman–Crippen LogP) is 1.64. The van der Waals surface area contributed by atoms with Gasteiger partial charge < -0.3 is 0 Å². The van der Waals surface area contributed by atoms with Crippen molar-refractivity contribution in [1.82, 2.24) is 4.72 Å². The largest absolute Gasteiger partial charge is 0.227 e. The molecule has 1 fully saturated rings. The highest BCUT2D eigenvalue weighted by Crippen LogP contribution is 2.27. The molecule has 1 aliphatic rings. The van der Waals surface area contributed by atoms with Gasteiger partial charge in [-0.25, -0.2) is 13.1 Å². The first-order valence-corrected chi connectivity index (χ1v) is 7.38. The van der Waals surface area contributed by atoms with Crippen molar-refractivity contribution in [2.45, 2.75) is 44.8 Å².